The fourth-order valence-electron chi connectivity index (χ4n) is 4.51. The highest BCUT2D eigenvalue weighted by molar-refractivity contribution is 5.84. The second-order valence-corrected chi connectivity index (χ2v) is 8.43. The van der Waals surface area contributed by atoms with Gasteiger partial charge in [0.05, 0.1) is 13.2 Å². The number of unbranched alkanes of at least 4 members (excludes halogenated alkanes) is 5. The molecule has 0 bridgehead atoms. The van der Waals surface area contributed by atoms with Crippen molar-refractivity contribution in [1.29, 1.82) is 0 Å². The highest BCUT2D eigenvalue weighted by atomic mass is 16.5. The van der Waals surface area contributed by atoms with Crippen LogP contribution in [0, 0.1) is 5.92 Å². The van der Waals surface area contributed by atoms with E-state index >= 15 is 0 Å². The highest BCUT2D eigenvalue weighted by Gasteiger charge is 2.35. The van der Waals surface area contributed by atoms with Gasteiger partial charge in [-0.05, 0) is 42.7 Å². The zero-order valence-electron chi connectivity index (χ0n) is 18.2. The Morgan fingerprint density at radius 3 is 2.72 bits per heavy atom. The van der Waals surface area contributed by atoms with Crippen molar-refractivity contribution in [2.24, 2.45) is 5.92 Å². The summed E-state index contributed by atoms with van der Waals surface area (Å²) in [5.41, 5.74) is 2.19. The molecule has 0 spiro atoms. The van der Waals surface area contributed by atoms with Crippen LogP contribution in [0.3, 0.4) is 0 Å². The molecule has 1 aromatic carbocycles. The Hall–Kier alpha value is -1.68. The van der Waals surface area contributed by atoms with E-state index < -0.39 is 6.10 Å². The molecule has 162 valence electrons. The van der Waals surface area contributed by atoms with Crippen LogP contribution in [-0.4, -0.2) is 24.0 Å². The molecule has 1 aliphatic carbocycles. The molecule has 0 amide bonds. The Bertz CT molecular complexity index is 639. The maximum Gasteiger partial charge on any atom is 0.305 e. The fraction of sp³-hybridized carbons (Fsp3) is 0.680. The van der Waals surface area contributed by atoms with Crippen LogP contribution in [0.4, 0.5) is 0 Å². The topological polar surface area (TPSA) is 63.6 Å². The first kappa shape index (κ1) is 23.6. The van der Waals surface area contributed by atoms with E-state index in [0.29, 0.717) is 18.6 Å². The summed E-state index contributed by atoms with van der Waals surface area (Å²) in [6.45, 7) is 2.17. The standard InChI is InChI=1S/C25H38O4/c1-3-4-7-14-23(26)20-12-10-11-19(18-20)21-16-17-24(27)22(21)13-8-5-6-9-15-25(28)29-2/h10-12,18,21-23,26H,3-9,13-17H2,1-2H3. The SMILES string of the molecule is CCCCCC(O)c1cccc(C2CCC(=O)C2CCCCCCC(=O)OC)c1. The normalized spacial score (nSPS) is 20.0. The average Bonchev–Trinajstić information content (AvgIpc) is 3.11. The minimum Gasteiger partial charge on any atom is -0.469 e. The smallest absolute Gasteiger partial charge is 0.305 e. The molecule has 0 saturated heterocycles. The van der Waals surface area contributed by atoms with Gasteiger partial charge in [0.1, 0.15) is 5.78 Å². The quantitative estimate of drug-likeness (QED) is 0.331. The second-order valence-electron chi connectivity index (χ2n) is 8.43. The molecule has 0 aromatic heterocycles. The molecule has 4 heteroatoms. The van der Waals surface area contributed by atoms with Crippen molar-refractivity contribution in [3.63, 3.8) is 0 Å². The lowest BCUT2D eigenvalue weighted by atomic mass is 9.84. The van der Waals surface area contributed by atoms with Crippen LogP contribution in [0.1, 0.15) is 107 Å². The molecule has 1 aromatic rings. The van der Waals surface area contributed by atoms with Crippen LogP contribution in [0.2, 0.25) is 0 Å². The van der Waals surface area contributed by atoms with Crippen molar-refractivity contribution in [3.05, 3.63) is 35.4 Å². The Morgan fingerprint density at radius 2 is 1.97 bits per heavy atom. The van der Waals surface area contributed by atoms with E-state index in [1.54, 1.807) is 0 Å². The molecular weight excluding hydrogens is 364 g/mol. The van der Waals surface area contributed by atoms with Gasteiger partial charge in [0.25, 0.3) is 0 Å². The highest BCUT2D eigenvalue weighted by Crippen LogP contribution is 2.41. The van der Waals surface area contributed by atoms with Crippen molar-refractivity contribution in [2.75, 3.05) is 7.11 Å². The van der Waals surface area contributed by atoms with E-state index in [-0.39, 0.29) is 17.8 Å². The van der Waals surface area contributed by atoms with Crippen LogP contribution in [0.15, 0.2) is 24.3 Å². The number of ether oxygens (including phenoxy) is 1. The first-order valence-corrected chi connectivity index (χ1v) is 11.4. The molecule has 0 radical (unpaired) electrons. The number of Topliss-reactive ketones (excluding diaryl/α,β-unsaturated/α-hetero) is 1. The number of rotatable bonds is 13. The predicted octanol–water partition coefficient (Wildman–Crippen LogP) is 5.88. The Kier molecular flexibility index (Phi) is 10.4. The summed E-state index contributed by atoms with van der Waals surface area (Å²) in [4.78, 5) is 23.6. The third-order valence-corrected chi connectivity index (χ3v) is 6.28. The molecule has 3 atom stereocenters. The van der Waals surface area contributed by atoms with Gasteiger partial charge in [-0.2, -0.15) is 0 Å². The third kappa shape index (κ3) is 7.58. The summed E-state index contributed by atoms with van der Waals surface area (Å²) < 4.78 is 4.67. The van der Waals surface area contributed by atoms with Gasteiger partial charge in [-0.25, -0.2) is 0 Å². The van der Waals surface area contributed by atoms with Gasteiger partial charge in [0, 0.05) is 18.8 Å². The van der Waals surface area contributed by atoms with Crippen LogP contribution < -0.4 is 0 Å². The number of carbonyl (C=O) groups is 2. The zero-order chi connectivity index (χ0) is 21.1. The molecule has 1 N–H and O–H groups in total. The number of hydrogen-bond donors (Lipinski definition) is 1. The maximum absolute atomic E-state index is 12.5. The molecule has 1 saturated carbocycles. The van der Waals surface area contributed by atoms with Crippen molar-refractivity contribution in [3.8, 4) is 0 Å². The first-order valence-electron chi connectivity index (χ1n) is 11.4. The summed E-state index contributed by atoms with van der Waals surface area (Å²) in [5, 5.41) is 10.5. The van der Waals surface area contributed by atoms with Crippen molar-refractivity contribution in [1.82, 2.24) is 0 Å². The minimum absolute atomic E-state index is 0.100. The summed E-state index contributed by atoms with van der Waals surface area (Å²) in [7, 11) is 1.42. The van der Waals surface area contributed by atoms with Crippen molar-refractivity contribution in [2.45, 2.75) is 96.0 Å². The van der Waals surface area contributed by atoms with E-state index in [2.05, 4.69) is 23.8 Å². The summed E-state index contributed by atoms with van der Waals surface area (Å²) in [5.74, 6) is 0.620. The molecule has 2 rings (SSSR count). The molecule has 0 aliphatic heterocycles. The average molecular weight is 403 g/mol. The largest absolute Gasteiger partial charge is 0.469 e. The Morgan fingerprint density at radius 1 is 1.17 bits per heavy atom. The van der Waals surface area contributed by atoms with Crippen molar-refractivity contribution < 1.29 is 19.4 Å². The van der Waals surface area contributed by atoms with Crippen LogP contribution in [-0.2, 0) is 14.3 Å². The molecule has 0 heterocycles. The predicted molar refractivity (Wildman–Crippen MR) is 116 cm³/mol. The minimum atomic E-state index is -0.410. The van der Waals surface area contributed by atoms with E-state index in [1.165, 1.54) is 12.7 Å². The molecule has 29 heavy (non-hydrogen) atoms. The van der Waals surface area contributed by atoms with Crippen LogP contribution in [0.5, 0.6) is 0 Å². The molecule has 1 fully saturated rings. The van der Waals surface area contributed by atoms with Crippen LogP contribution in [0.25, 0.3) is 0 Å². The zero-order valence-corrected chi connectivity index (χ0v) is 18.2. The monoisotopic (exact) mass is 402 g/mol. The van der Waals surface area contributed by atoms with Gasteiger partial charge < -0.3 is 9.84 Å². The third-order valence-electron chi connectivity index (χ3n) is 6.28. The Balaban J connectivity index is 1.87. The number of carbonyl (C=O) groups excluding carboxylic acids is 2. The Labute approximate surface area is 176 Å². The van der Waals surface area contributed by atoms with Gasteiger partial charge in [-0.15, -0.1) is 0 Å². The fourth-order valence-corrected chi connectivity index (χ4v) is 4.51. The van der Waals surface area contributed by atoms with Gasteiger partial charge in [0.15, 0.2) is 0 Å². The first-order chi connectivity index (χ1) is 14.1. The van der Waals surface area contributed by atoms with E-state index in [4.69, 9.17) is 0 Å². The van der Waals surface area contributed by atoms with E-state index in [1.807, 2.05) is 12.1 Å². The number of hydrogen-bond acceptors (Lipinski definition) is 4. The molecule has 1 aliphatic rings. The van der Waals surface area contributed by atoms with Crippen molar-refractivity contribution >= 4 is 11.8 Å². The second kappa shape index (κ2) is 12.8. The van der Waals surface area contributed by atoms with Gasteiger partial charge >= 0.3 is 5.97 Å². The van der Waals surface area contributed by atoms with Gasteiger partial charge in [-0.1, -0.05) is 69.7 Å². The molecule has 3 unspecified atom stereocenters. The number of aliphatic hydroxyl groups is 1. The van der Waals surface area contributed by atoms with E-state index in [0.717, 1.165) is 69.8 Å². The molecular formula is C25H38O4. The lowest BCUT2D eigenvalue weighted by Crippen LogP contribution is -2.14. The van der Waals surface area contributed by atoms with Gasteiger partial charge in [-0.3, -0.25) is 9.59 Å². The summed E-state index contributed by atoms with van der Waals surface area (Å²) in [6.07, 6.45) is 10.6. The number of aliphatic hydroxyl groups excluding tert-OH is 1. The number of ketones is 1. The number of benzene rings is 1. The van der Waals surface area contributed by atoms with E-state index in [9.17, 15) is 14.7 Å². The number of esters is 1. The summed E-state index contributed by atoms with van der Waals surface area (Å²) >= 11 is 0. The summed E-state index contributed by atoms with van der Waals surface area (Å²) in [6, 6.07) is 8.28. The van der Waals surface area contributed by atoms with Gasteiger partial charge in [0.2, 0.25) is 0 Å². The number of methoxy groups -OCH3 is 1. The maximum atomic E-state index is 12.5. The molecule has 4 nitrogen and oxygen atoms in total. The lowest BCUT2D eigenvalue weighted by Gasteiger charge is -2.20. The lowest BCUT2D eigenvalue weighted by molar-refractivity contribution is -0.140. The van der Waals surface area contributed by atoms with Crippen LogP contribution >= 0.6 is 0 Å².